The van der Waals surface area contributed by atoms with Crippen molar-refractivity contribution < 1.29 is 9.90 Å². The molecule has 0 heterocycles. The lowest BCUT2D eigenvalue weighted by molar-refractivity contribution is -0.147. The summed E-state index contributed by atoms with van der Waals surface area (Å²) in [5.74, 6) is -0.705. The molecule has 4 nitrogen and oxygen atoms in total. The predicted octanol–water partition coefficient (Wildman–Crippen LogP) is 4.00. The molecule has 120 valence electrons. The van der Waals surface area contributed by atoms with Crippen molar-refractivity contribution in [2.24, 2.45) is 0 Å². The highest BCUT2D eigenvalue weighted by molar-refractivity contribution is 5.83. The maximum Gasteiger partial charge on any atom is 0.314 e. The number of carbonyl (C=O) groups is 1. The van der Waals surface area contributed by atoms with Crippen LogP contribution in [0, 0.1) is 0 Å². The van der Waals surface area contributed by atoms with Gasteiger partial charge in [0.2, 0.25) is 0 Å². The summed E-state index contributed by atoms with van der Waals surface area (Å²) in [6, 6.07) is 16.0. The lowest BCUT2D eigenvalue weighted by Gasteiger charge is -2.38. The van der Waals surface area contributed by atoms with Crippen LogP contribution >= 0.6 is 0 Å². The van der Waals surface area contributed by atoms with Gasteiger partial charge in [-0.1, -0.05) is 24.6 Å². The highest BCUT2D eigenvalue weighted by Gasteiger charge is 2.45. The van der Waals surface area contributed by atoms with E-state index in [-0.39, 0.29) is 0 Å². The molecule has 1 fully saturated rings. The zero-order chi connectivity index (χ0) is 16.4. The van der Waals surface area contributed by atoms with Crippen LogP contribution in [0.3, 0.4) is 0 Å². The number of anilines is 3. The molecule has 23 heavy (non-hydrogen) atoms. The molecule has 4 heteroatoms. The molecule has 0 atom stereocenters. The molecule has 1 saturated carbocycles. The molecule has 0 radical (unpaired) electrons. The minimum atomic E-state index is -0.705. The molecular formula is C19H22N2O2. The number of hydrogen-bond donors (Lipinski definition) is 2. The van der Waals surface area contributed by atoms with Gasteiger partial charge in [0.1, 0.15) is 0 Å². The predicted molar refractivity (Wildman–Crippen MR) is 93.7 cm³/mol. The van der Waals surface area contributed by atoms with Crippen molar-refractivity contribution >= 4 is 23.0 Å². The van der Waals surface area contributed by atoms with E-state index in [0.29, 0.717) is 0 Å². The van der Waals surface area contributed by atoms with E-state index >= 15 is 0 Å². The standard InChI is InChI=1S/C19H22N2O2/c1-21(2)17-6-3-5-16(13-17)20-15-9-7-14(8-10-15)19(18(22)23)11-4-12-19/h3,5-10,13,20H,4,11-12H2,1-2H3,(H,22,23). The third-order valence-corrected chi connectivity index (χ3v) is 4.71. The minimum Gasteiger partial charge on any atom is -0.481 e. The van der Waals surface area contributed by atoms with Crippen molar-refractivity contribution in [3.63, 3.8) is 0 Å². The lowest BCUT2D eigenvalue weighted by Crippen LogP contribution is -2.42. The van der Waals surface area contributed by atoms with Gasteiger partial charge in [-0.25, -0.2) is 0 Å². The second-order valence-corrected chi connectivity index (χ2v) is 6.39. The molecule has 0 bridgehead atoms. The molecule has 0 spiro atoms. The topological polar surface area (TPSA) is 52.6 Å². The van der Waals surface area contributed by atoms with Gasteiger partial charge in [-0.05, 0) is 48.7 Å². The van der Waals surface area contributed by atoms with Crippen LogP contribution < -0.4 is 10.2 Å². The summed E-state index contributed by atoms with van der Waals surface area (Å²) >= 11 is 0. The summed E-state index contributed by atoms with van der Waals surface area (Å²) in [7, 11) is 4.02. The van der Waals surface area contributed by atoms with E-state index in [0.717, 1.165) is 41.9 Å². The van der Waals surface area contributed by atoms with E-state index in [1.54, 1.807) is 0 Å². The quantitative estimate of drug-likeness (QED) is 0.876. The molecule has 2 aromatic rings. The Morgan fingerprint density at radius 3 is 2.30 bits per heavy atom. The zero-order valence-corrected chi connectivity index (χ0v) is 13.5. The average Bonchev–Trinajstić information content (AvgIpc) is 2.48. The van der Waals surface area contributed by atoms with Gasteiger partial charge < -0.3 is 15.3 Å². The maximum atomic E-state index is 11.6. The molecule has 3 rings (SSSR count). The number of hydrogen-bond acceptors (Lipinski definition) is 3. The first-order valence-electron chi connectivity index (χ1n) is 7.90. The summed E-state index contributed by atoms with van der Waals surface area (Å²) in [5, 5.41) is 12.9. The van der Waals surface area contributed by atoms with Gasteiger partial charge in [0.25, 0.3) is 0 Å². The van der Waals surface area contributed by atoms with Crippen LogP contribution in [0.5, 0.6) is 0 Å². The fourth-order valence-corrected chi connectivity index (χ4v) is 3.06. The van der Waals surface area contributed by atoms with Crippen molar-refractivity contribution in [2.75, 3.05) is 24.3 Å². The van der Waals surface area contributed by atoms with Crippen LogP contribution in [0.1, 0.15) is 24.8 Å². The smallest absolute Gasteiger partial charge is 0.314 e. The van der Waals surface area contributed by atoms with Gasteiger partial charge in [0.15, 0.2) is 0 Å². The molecule has 1 aliphatic rings. The van der Waals surface area contributed by atoms with Gasteiger partial charge in [-0.2, -0.15) is 0 Å². The van der Waals surface area contributed by atoms with Gasteiger partial charge >= 0.3 is 5.97 Å². The molecule has 0 aliphatic heterocycles. The van der Waals surface area contributed by atoms with E-state index in [2.05, 4.69) is 22.3 Å². The SMILES string of the molecule is CN(C)c1cccc(Nc2ccc(C3(C(=O)O)CCC3)cc2)c1. The maximum absolute atomic E-state index is 11.6. The van der Waals surface area contributed by atoms with Crippen LogP contribution in [-0.2, 0) is 10.2 Å². The van der Waals surface area contributed by atoms with Crippen LogP contribution in [-0.4, -0.2) is 25.2 Å². The molecule has 2 aromatic carbocycles. The molecule has 0 saturated heterocycles. The lowest BCUT2D eigenvalue weighted by atomic mass is 9.64. The Labute approximate surface area is 136 Å². The monoisotopic (exact) mass is 310 g/mol. The fourth-order valence-electron chi connectivity index (χ4n) is 3.06. The Morgan fingerprint density at radius 1 is 1.09 bits per heavy atom. The number of benzene rings is 2. The number of carboxylic acids is 1. The highest BCUT2D eigenvalue weighted by atomic mass is 16.4. The molecule has 1 aliphatic carbocycles. The van der Waals surface area contributed by atoms with Crippen molar-refractivity contribution in [3.05, 3.63) is 54.1 Å². The van der Waals surface area contributed by atoms with Crippen LogP contribution in [0.25, 0.3) is 0 Å². The van der Waals surface area contributed by atoms with E-state index in [4.69, 9.17) is 0 Å². The molecule has 0 unspecified atom stereocenters. The van der Waals surface area contributed by atoms with Crippen molar-refractivity contribution in [3.8, 4) is 0 Å². The van der Waals surface area contributed by atoms with Crippen LogP contribution in [0.4, 0.5) is 17.1 Å². The van der Waals surface area contributed by atoms with Gasteiger partial charge in [0, 0.05) is 31.2 Å². The summed E-state index contributed by atoms with van der Waals surface area (Å²) in [5.41, 5.74) is 3.35. The van der Waals surface area contributed by atoms with Crippen molar-refractivity contribution in [2.45, 2.75) is 24.7 Å². The third-order valence-electron chi connectivity index (χ3n) is 4.71. The van der Waals surface area contributed by atoms with Gasteiger partial charge in [-0.3, -0.25) is 4.79 Å². The number of aliphatic carboxylic acids is 1. The first kappa shape index (κ1) is 15.4. The number of nitrogens with zero attached hydrogens (tertiary/aromatic N) is 1. The summed E-state index contributed by atoms with van der Waals surface area (Å²) in [6.45, 7) is 0. The Hall–Kier alpha value is -2.49. The Balaban J connectivity index is 1.78. The normalized spacial score (nSPS) is 15.6. The van der Waals surface area contributed by atoms with E-state index in [1.165, 1.54) is 0 Å². The molecule has 0 amide bonds. The fraction of sp³-hybridized carbons (Fsp3) is 0.316. The van der Waals surface area contributed by atoms with Crippen molar-refractivity contribution in [1.29, 1.82) is 0 Å². The minimum absolute atomic E-state index is 0.663. The average molecular weight is 310 g/mol. The van der Waals surface area contributed by atoms with Crippen LogP contribution in [0.15, 0.2) is 48.5 Å². The van der Waals surface area contributed by atoms with Gasteiger partial charge in [-0.15, -0.1) is 0 Å². The van der Waals surface area contributed by atoms with Gasteiger partial charge in [0.05, 0.1) is 5.41 Å². The van der Waals surface area contributed by atoms with E-state index < -0.39 is 11.4 Å². The zero-order valence-electron chi connectivity index (χ0n) is 13.5. The number of carboxylic acid groups (broad SMARTS) is 1. The Kier molecular flexibility index (Phi) is 3.99. The first-order chi connectivity index (χ1) is 11.0. The second-order valence-electron chi connectivity index (χ2n) is 6.39. The summed E-state index contributed by atoms with van der Waals surface area (Å²) in [4.78, 5) is 13.6. The summed E-state index contributed by atoms with van der Waals surface area (Å²) < 4.78 is 0. The highest BCUT2D eigenvalue weighted by Crippen LogP contribution is 2.44. The number of rotatable bonds is 5. The van der Waals surface area contributed by atoms with E-state index in [1.807, 2.05) is 50.5 Å². The summed E-state index contributed by atoms with van der Waals surface area (Å²) in [6.07, 6.45) is 2.46. The molecule has 2 N–H and O–H groups in total. The Bertz CT molecular complexity index is 704. The first-order valence-corrected chi connectivity index (χ1v) is 7.90. The van der Waals surface area contributed by atoms with E-state index in [9.17, 15) is 9.90 Å². The largest absolute Gasteiger partial charge is 0.481 e. The third kappa shape index (κ3) is 2.89. The van der Waals surface area contributed by atoms with Crippen LogP contribution in [0.2, 0.25) is 0 Å². The second kappa shape index (κ2) is 5.95. The number of nitrogens with one attached hydrogen (secondary N) is 1. The Morgan fingerprint density at radius 2 is 1.78 bits per heavy atom. The molecular weight excluding hydrogens is 288 g/mol. The molecule has 0 aromatic heterocycles. The van der Waals surface area contributed by atoms with Crippen molar-refractivity contribution in [1.82, 2.24) is 0 Å².